The molecule has 0 bridgehead atoms. The number of nitrogens with one attached hydrogen (secondary N) is 1. The van der Waals surface area contributed by atoms with Crippen LogP contribution in [-0.2, 0) is 6.54 Å². The predicted octanol–water partition coefficient (Wildman–Crippen LogP) is 5.64. The summed E-state index contributed by atoms with van der Waals surface area (Å²) in [5, 5.41) is 6.85. The van der Waals surface area contributed by atoms with E-state index in [0.29, 0.717) is 29.4 Å². The summed E-state index contributed by atoms with van der Waals surface area (Å²) in [5.74, 6) is 0.209. The van der Waals surface area contributed by atoms with Gasteiger partial charge in [-0.05, 0) is 29.8 Å². The minimum absolute atomic E-state index is 0.145. The Morgan fingerprint density at radius 2 is 1.61 bits per heavy atom. The Kier molecular flexibility index (Phi) is 5.51. The number of hydrogen-bond acceptors (Lipinski definition) is 4. The van der Waals surface area contributed by atoms with Gasteiger partial charge >= 0.3 is 0 Å². The van der Waals surface area contributed by atoms with Crippen LogP contribution in [0.25, 0.3) is 22.6 Å². The van der Waals surface area contributed by atoms with E-state index in [9.17, 15) is 9.18 Å². The Morgan fingerprint density at radius 3 is 2.33 bits per heavy atom. The summed E-state index contributed by atoms with van der Waals surface area (Å²) in [5.41, 5.74) is 3.23. The second kappa shape index (κ2) is 8.92. The molecule has 6 nitrogen and oxygen atoms in total. The fourth-order valence-electron chi connectivity index (χ4n) is 3.52. The highest BCUT2D eigenvalue weighted by molar-refractivity contribution is 6.04. The lowest BCUT2D eigenvalue weighted by molar-refractivity contribution is 0.101. The van der Waals surface area contributed by atoms with Crippen molar-refractivity contribution in [2.75, 3.05) is 5.32 Å². The Balaban J connectivity index is 1.47. The maximum atomic E-state index is 13.5. The van der Waals surface area contributed by atoms with E-state index in [1.807, 2.05) is 65.2 Å². The third-order valence-electron chi connectivity index (χ3n) is 5.18. The molecule has 0 fully saturated rings. The number of benzene rings is 3. The van der Waals surface area contributed by atoms with E-state index in [-0.39, 0.29) is 11.5 Å². The van der Waals surface area contributed by atoms with Gasteiger partial charge in [0, 0.05) is 17.2 Å². The van der Waals surface area contributed by atoms with Gasteiger partial charge < -0.3 is 14.4 Å². The Bertz CT molecular complexity index is 1380. The largest absolute Gasteiger partial charge is 0.355 e. The van der Waals surface area contributed by atoms with Crippen LogP contribution in [0.2, 0.25) is 0 Å². The average Bonchev–Trinajstić information content (AvgIpc) is 3.49. The zero-order valence-corrected chi connectivity index (χ0v) is 17.5. The van der Waals surface area contributed by atoms with Gasteiger partial charge in [-0.2, -0.15) is 0 Å². The molecule has 0 aliphatic heterocycles. The molecule has 0 unspecified atom stereocenters. The molecule has 162 valence electrons. The lowest BCUT2D eigenvalue weighted by atomic mass is 10.1. The summed E-state index contributed by atoms with van der Waals surface area (Å²) in [6.45, 7) is 0.499. The summed E-state index contributed by atoms with van der Waals surface area (Å²) < 4.78 is 20.7. The van der Waals surface area contributed by atoms with Crippen molar-refractivity contribution in [3.63, 3.8) is 0 Å². The lowest BCUT2D eigenvalue weighted by Gasteiger charge is -2.11. The van der Waals surface area contributed by atoms with Crippen molar-refractivity contribution in [3.8, 4) is 22.6 Å². The number of anilines is 1. The van der Waals surface area contributed by atoms with Gasteiger partial charge in [0.25, 0.3) is 5.91 Å². The van der Waals surface area contributed by atoms with Gasteiger partial charge in [0.2, 0.25) is 0 Å². The molecule has 2 heterocycles. The Hall–Kier alpha value is -4.52. The van der Waals surface area contributed by atoms with Crippen LogP contribution in [-0.4, -0.2) is 20.6 Å². The number of nitrogens with zero attached hydrogens (tertiary/aromatic N) is 3. The molecule has 0 radical (unpaired) electrons. The van der Waals surface area contributed by atoms with E-state index in [4.69, 9.17) is 4.52 Å². The van der Waals surface area contributed by atoms with Crippen LogP contribution in [0.4, 0.5) is 10.2 Å². The average molecular weight is 438 g/mol. The number of halogens is 1. The van der Waals surface area contributed by atoms with Gasteiger partial charge in [-0.25, -0.2) is 9.37 Å². The van der Waals surface area contributed by atoms with E-state index in [1.54, 1.807) is 24.5 Å². The fourth-order valence-corrected chi connectivity index (χ4v) is 3.52. The maximum absolute atomic E-state index is 13.5. The number of carbonyl (C=O) groups excluding carboxylic acids is 1. The molecular formula is C26H19FN4O2. The first-order valence-electron chi connectivity index (χ1n) is 10.4. The van der Waals surface area contributed by atoms with Crippen LogP contribution in [0.3, 0.4) is 0 Å². The van der Waals surface area contributed by atoms with E-state index in [1.165, 1.54) is 12.1 Å². The molecule has 7 heteroatoms. The zero-order chi connectivity index (χ0) is 22.6. The van der Waals surface area contributed by atoms with Gasteiger partial charge in [-0.3, -0.25) is 4.79 Å². The molecule has 0 spiro atoms. The summed E-state index contributed by atoms with van der Waals surface area (Å²) >= 11 is 0. The van der Waals surface area contributed by atoms with Gasteiger partial charge in [0.15, 0.2) is 11.5 Å². The number of imidazole rings is 1. The molecule has 2 aromatic heterocycles. The van der Waals surface area contributed by atoms with Gasteiger partial charge in [0.05, 0.1) is 12.9 Å². The van der Waals surface area contributed by atoms with Gasteiger partial charge in [0.1, 0.15) is 17.3 Å². The van der Waals surface area contributed by atoms with Crippen LogP contribution in [0.1, 0.15) is 16.1 Å². The fraction of sp³-hybridized carbons (Fsp3) is 0.0385. The van der Waals surface area contributed by atoms with Crippen molar-refractivity contribution in [1.29, 1.82) is 0 Å². The summed E-state index contributed by atoms with van der Waals surface area (Å²) in [7, 11) is 0. The topological polar surface area (TPSA) is 73.0 Å². The molecule has 0 atom stereocenters. The quantitative estimate of drug-likeness (QED) is 0.372. The number of hydrogen-bond donors (Lipinski definition) is 1. The summed E-state index contributed by atoms with van der Waals surface area (Å²) in [4.78, 5) is 17.6. The summed E-state index contributed by atoms with van der Waals surface area (Å²) in [6, 6.07) is 26.8. The van der Waals surface area contributed by atoms with Gasteiger partial charge in [-0.1, -0.05) is 65.8 Å². The maximum Gasteiger partial charge on any atom is 0.279 e. The van der Waals surface area contributed by atoms with Crippen LogP contribution >= 0.6 is 0 Å². The third-order valence-corrected chi connectivity index (χ3v) is 5.18. The minimum atomic E-state index is -0.431. The first kappa shape index (κ1) is 20.4. The molecular weight excluding hydrogens is 419 g/mol. The highest BCUT2D eigenvalue weighted by atomic mass is 19.1. The normalized spacial score (nSPS) is 10.8. The van der Waals surface area contributed by atoms with Crippen LogP contribution < -0.4 is 5.32 Å². The first-order chi connectivity index (χ1) is 16.2. The molecule has 33 heavy (non-hydrogen) atoms. The minimum Gasteiger partial charge on any atom is -0.355 e. The molecule has 0 aliphatic carbocycles. The monoisotopic (exact) mass is 438 g/mol. The molecule has 3 aromatic carbocycles. The number of carbonyl (C=O) groups is 1. The third kappa shape index (κ3) is 4.43. The molecule has 5 aromatic rings. The highest BCUT2D eigenvalue weighted by Gasteiger charge is 2.20. The van der Waals surface area contributed by atoms with E-state index in [0.717, 1.165) is 11.1 Å². The van der Waals surface area contributed by atoms with Crippen molar-refractivity contribution < 1.29 is 13.7 Å². The van der Waals surface area contributed by atoms with Crippen molar-refractivity contribution in [2.24, 2.45) is 0 Å². The number of aromatic nitrogens is 3. The Labute approximate surface area is 189 Å². The van der Waals surface area contributed by atoms with Crippen molar-refractivity contribution in [3.05, 3.63) is 114 Å². The molecule has 1 amide bonds. The van der Waals surface area contributed by atoms with Crippen LogP contribution in [0.15, 0.2) is 102 Å². The standard InChI is InChI=1S/C26H19FN4O2/c27-21-13-11-20(12-14-21)24-25(31(17-28-24)16-18-7-3-1-4-8-18)29-26(32)22-15-23(33-30-22)19-9-5-2-6-10-19/h1-15,17H,16H2,(H,29,32). The molecule has 0 aliphatic rings. The Morgan fingerprint density at radius 1 is 0.909 bits per heavy atom. The second-order valence-corrected chi connectivity index (χ2v) is 7.46. The molecule has 0 saturated carbocycles. The smallest absolute Gasteiger partial charge is 0.279 e. The second-order valence-electron chi connectivity index (χ2n) is 7.46. The SMILES string of the molecule is O=C(Nc1c(-c2ccc(F)cc2)ncn1Cc1ccccc1)c1cc(-c2ccccc2)on1. The number of rotatable bonds is 6. The van der Waals surface area contributed by atoms with Crippen molar-refractivity contribution in [2.45, 2.75) is 6.54 Å². The number of amides is 1. The molecule has 1 N–H and O–H groups in total. The van der Waals surface area contributed by atoms with E-state index < -0.39 is 5.91 Å². The summed E-state index contributed by atoms with van der Waals surface area (Å²) in [6.07, 6.45) is 1.65. The molecule has 5 rings (SSSR count). The van der Waals surface area contributed by atoms with Gasteiger partial charge in [-0.15, -0.1) is 0 Å². The lowest BCUT2D eigenvalue weighted by Crippen LogP contribution is -2.16. The van der Waals surface area contributed by atoms with Crippen LogP contribution in [0, 0.1) is 5.82 Å². The highest BCUT2D eigenvalue weighted by Crippen LogP contribution is 2.28. The molecule has 0 saturated heterocycles. The van der Waals surface area contributed by atoms with Crippen molar-refractivity contribution in [1.82, 2.24) is 14.7 Å². The predicted molar refractivity (Wildman–Crippen MR) is 123 cm³/mol. The first-order valence-corrected chi connectivity index (χ1v) is 10.4. The van der Waals surface area contributed by atoms with Crippen LogP contribution in [0.5, 0.6) is 0 Å². The van der Waals surface area contributed by atoms with E-state index >= 15 is 0 Å². The van der Waals surface area contributed by atoms with Crippen molar-refractivity contribution >= 4 is 11.7 Å². The van der Waals surface area contributed by atoms with E-state index in [2.05, 4.69) is 15.5 Å². The zero-order valence-electron chi connectivity index (χ0n) is 17.5.